The standard InChI is InChI=1S/C23H32N6O/c1-6-8-11-29-22-21(15(4)27-29)18(12-20(26-22)17-9-10-17)23(30)25-14(3)19-13-24-28(7-2)16(19)5/h12-14,17H,6-11H2,1-5H3,(H,25,30)/t14-/m0/s1. The number of hydrogen-bond donors (Lipinski definition) is 1. The lowest BCUT2D eigenvalue weighted by Gasteiger charge is -2.15. The smallest absolute Gasteiger partial charge is 0.252 e. The SMILES string of the molecule is CCCCn1nc(C)c2c(C(=O)N[C@@H](C)c3cnn(CC)c3C)cc(C3CC3)nc21. The predicted octanol–water partition coefficient (Wildman–Crippen LogP) is 4.43. The van der Waals surface area contributed by atoms with Crippen LogP contribution in [0.5, 0.6) is 0 Å². The van der Waals surface area contributed by atoms with E-state index in [1.165, 1.54) is 0 Å². The van der Waals surface area contributed by atoms with E-state index >= 15 is 0 Å². The second-order valence-electron chi connectivity index (χ2n) is 8.43. The molecule has 7 heteroatoms. The van der Waals surface area contributed by atoms with E-state index in [0.29, 0.717) is 11.5 Å². The Morgan fingerprint density at radius 1 is 1.27 bits per heavy atom. The molecule has 3 heterocycles. The van der Waals surface area contributed by atoms with Gasteiger partial charge in [-0.25, -0.2) is 9.67 Å². The summed E-state index contributed by atoms with van der Waals surface area (Å²) in [6.07, 6.45) is 6.29. The normalized spacial score (nSPS) is 15.0. The van der Waals surface area contributed by atoms with Crippen LogP contribution in [0.25, 0.3) is 11.0 Å². The lowest BCUT2D eigenvalue weighted by Crippen LogP contribution is -2.27. The van der Waals surface area contributed by atoms with Crippen LogP contribution in [0.4, 0.5) is 0 Å². The van der Waals surface area contributed by atoms with Gasteiger partial charge in [-0.15, -0.1) is 0 Å². The van der Waals surface area contributed by atoms with Gasteiger partial charge in [0.1, 0.15) is 0 Å². The molecular formula is C23H32N6O. The highest BCUT2D eigenvalue weighted by atomic mass is 16.1. The van der Waals surface area contributed by atoms with Crippen molar-refractivity contribution < 1.29 is 4.79 Å². The van der Waals surface area contributed by atoms with Crippen LogP contribution in [-0.2, 0) is 13.1 Å². The van der Waals surface area contributed by atoms with Crippen LogP contribution >= 0.6 is 0 Å². The van der Waals surface area contributed by atoms with Crippen LogP contribution in [0.3, 0.4) is 0 Å². The Morgan fingerprint density at radius 2 is 2.03 bits per heavy atom. The highest BCUT2D eigenvalue weighted by molar-refractivity contribution is 6.06. The van der Waals surface area contributed by atoms with Crippen molar-refractivity contribution in [2.24, 2.45) is 0 Å². The molecular weight excluding hydrogens is 376 g/mol. The van der Waals surface area contributed by atoms with E-state index in [4.69, 9.17) is 10.1 Å². The third-order valence-electron chi connectivity index (χ3n) is 6.12. The number of carbonyl (C=O) groups excluding carboxylic acids is 1. The van der Waals surface area contributed by atoms with E-state index in [2.05, 4.69) is 24.3 Å². The Bertz CT molecular complexity index is 1080. The molecule has 0 spiro atoms. The van der Waals surface area contributed by atoms with Crippen LogP contribution in [0, 0.1) is 13.8 Å². The lowest BCUT2D eigenvalue weighted by molar-refractivity contribution is 0.0941. The van der Waals surface area contributed by atoms with Gasteiger partial charge in [-0.3, -0.25) is 9.48 Å². The molecule has 0 saturated heterocycles. The zero-order valence-electron chi connectivity index (χ0n) is 18.7. The summed E-state index contributed by atoms with van der Waals surface area (Å²) in [5, 5.41) is 13.2. The van der Waals surface area contributed by atoms with Crippen LogP contribution in [0.1, 0.15) is 91.4 Å². The maximum atomic E-state index is 13.4. The van der Waals surface area contributed by atoms with Crippen molar-refractivity contribution >= 4 is 16.9 Å². The first-order valence-corrected chi connectivity index (χ1v) is 11.2. The van der Waals surface area contributed by atoms with Gasteiger partial charge in [0.15, 0.2) is 5.65 Å². The van der Waals surface area contributed by atoms with Gasteiger partial charge in [0.25, 0.3) is 5.91 Å². The number of rotatable bonds is 8. The largest absolute Gasteiger partial charge is 0.345 e. The van der Waals surface area contributed by atoms with Crippen molar-refractivity contribution in [3.05, 3.63) is 40.5 Å². The summed E-state index contributed by atoms with van der Waals surface area (Å²) < 4.78 is 3.94. The highest BCUT2D eigenvalue weighted by Gasteiger charge is 2.29. The van der Waals surface area contributed by atoms with Gasteiger partial charge in [0.2, 0.25) is 0 Å². The van der Waals surface area contributed by atoms with Gasteiger partial charge >= 0.3 is 0 Å². The Labute approximate surface area is 177 Å². The minimum absolute atomic E-state index is 0.0708. The Morgan fingerprint density at radius 3 is 2.67 bits per heavy atom. The molecule has 1 saturated carbocycles. The van der Waals surface area contributed by atoms with E-state index in [9.17, 15) is 4.79 Å². The van der Waals surface area contributed by atoms with Crippen LogP contribution < -0.4 is 5.32 Å². The zero-order valence-corrected chi connectivity index (χ0v) is 18.7. The van der Waals surface area contributed by atoms with Gasteiger partial charge in [0, 0.05) is 36.0 Å². The molecule has 4 rings (SSSR count). The van der Waals surface area contributed by atoms with Crippen LogP contribution in [-0.4, -0.2) is 30.5 Å². The fourth-order valence-corrected chi connectivity index (χ4v) is 4.16. The molecule has 0 aromatic carbocycles. The molecule has 30 heavy (non-hydrogen) atoms. The summed E-state index contributed by atoms with van der Waals surface area (Å²) in [6, 6.07) is 1.87. The van der Waals surface area contributed by atoms with Gasteiger partial charge in [-0.2, -0.15) is 10.2 Å². The molecule has 1 aliphatic carbocycles. The molecule has 3 aromatic heterocycles. The van der Waals surface area contributed by atoms with Gasteiger partial charge in [0.05, 0.1) is 28.9 Å². The average Bonchev–Trinajstić information content (AvgIpc) is 3.45. The number of unbranched alkanes of at least 4 members (excludes halogenated alkanes) is 1. The topological polar surface area (TPSA) is 77.6 Å². The molecule has 0 aliphatic heterocycles. The number of carbonyl (C=O) groups is 1. The maximum Gasteiger partial charge on any atom is 0.252 e. The van der Waals surface area contributed by atoms with Crippen molar-refractivity contribution in [3.8, 4) is 0 Å². The second-order valence-corrected chi connectivity index (χ2v) is 8.43. The van der Waals surface area contributed by atoms with Crippen LogP contribution in [0.2, 0.25) is 0 Å². The number of pyridine rings is 1. The van der Waals surface area contributed by atoms with E-state index in [1.807, 2.05) is 42.4 Å². The highest BCUT2D eigenvalue weighted by Crippen LogP contribution is 2.40. The summed E-state index contributed by atoms with van der Waals surface area (Å²) in [7, 11) is 0. The monoisotopic (exact) mass is 408 g/mol. The van der Waals surface area contributed by atoms with Crippen molar-refractivity contribution in [2.45, 2.75) is 85.4 Å². The number of aromatic nitrogens is 5. The number of nitrogens with one attached hydrogen (secondary N) is 1. The lowest BCUT2D eigenvalue weighted by atomic mass is 10.1. The first kappa shape index (κ1) is 20.6. The third kappa shape index (κ3) is 3.73. The summed E-state index contributed by atoms with van der Waals surface area (Å²) in [6.45, 7) is 11.9. The second kappa shape index (κ2) is 8.20. The first-order chi connectivity index (χ1) is 14.4. The molecule has 1 atom stereocenters. The van der Waals surface area contributed by atoms with E-state index in [1.54, 1.807) is 0 Å². The maximum absolute atomic E-state index is 13.4. The molecule has 1 amide bonds. The molecule has 160 valence electrons. The summed E-state index contributed by atoms with van der Waals surface area (Å²) in [5.74, 6) is 0.400. The molecule has 0 bridgehead atoms. The Hall–Kier alpha value is -2.70. The summed E-state index contributed by atoms with van der Waals surface area (Å²) in [4.78, 5) is 18.3. The molecule has 0 radical (unpaired) electrons. The third-order valence-corrected chi connectivity index (χ3v) is 6.12. The van der Waals surface area contributed by atoms with E-state index < -0.39 is 0 Å². The predicted molar refractivity (Wildman–Crippen MR) is 118 cm³/mol. The molecule has 1 aliphatic rings. The van der Waals surface area contributed by atoms with Crippen molar-refractivity contribution in [2.75, 3.05) is 0 Å². The quantitative estimate of drug-likeness (QED) is 0.598. The van der Waals surface area contributed by atoms with E-state index in [0.717, 1.165) is 72.5 Å². The Balaban J connectivity index is 1.70. The first-order valence-electron chi connectivity index (χ1n) is 11.2. The van der Waals surface area contributed by atoms with Crippen molar-refractivity contribution in [1.82, 2.24) is 29.9 Å². The average molecular weight is 409 g/mol. The van der Waals surface area contributed by atoms with Gasteiger partial charge < -0.3 is 5.32 Å². The number of fused-ring (bicyclic) bond motifs is 1. The van der Waals surface area contributed by atoms with E-state index in [-0.39, 0.29) is 11.9 Å². The number of amides is 1. The summed E-state index contributed by atoms with van der Waals surface area (Å²) in [5.41, 5.74) is 5.56. The van der Waals surface area contributed by atoms with Gasteiger partial charge in [-0.05, 0) is 53.0 Å². The number of aryl methyl sites for hydroxylation is 3. The molecule has 7 nitrogen and oxygen atoms in total. The summed E-state index contributed by atoms with van der Waals surface area (Å²) >= 11 is 0. The van der Waals surface area contributed by atoms with Gasteiger partial charge in [-0.1, -0.05) is 13.3 Å². The molecule has 1 N–H and O–H groups in total. The zero-order chi connectivity index (χ0) is 21.4. The fourth-order valence-electron chi connectivity index (χ4n) is 4.16. The minimum Gasteiger partial charge on any atom is -0.345 e. The molecule has 3 aromatic rings. The number of nitrogens with zero attached hydrogens (tertiary/aromatic N) is 5. The number of hydrogen-bond acceptors (Lipinski definition) is 4. The van der Waals surface area contributed by atoms with Crippen molar-refractivity contribution in [1.29, 1.82) is 0 Å². The molecule has 1 fully saturated rings. The minimum atomic E-state index is -0.124. The molecule has 0 unspecified atom stereocenters. The fraction of sp³-hybridized carbons (Fsp3) is 0.565. The van der Waals surface area contributed by atoms with Crippen molar-refractivity contribution in [3.63, 3.8) is 0 Å². The van der Waals surface area contributed by atoms with Crippen LogP contribution in [0.15, 0.2) is 12.3 Å². The Kier molecular flexibility index (Phi) is 5.62.